The van der Waals surface area contributed by atoms with Crippen molar-refractivity contribution in [2.45, 2.75) is 59.1 Å². The average Bonchev–Trinajstić information content (AvgIpc) is 2.51. The van der Waals surface area contributed by atoms with Gasteiger partial charge in [0, 0.05) is 6.61 Å². The lowest BCUT2D eigenvalue weighted by molar-refractivity contribution is -0.0730. The maximum absolute atomic E-state index is 6.19. The van der Waals surface area contributed by atoms with Gasteiger partial charge in [-0.1, -0.05) is 32.9 Å². The zero-order chi connectivity index (χ0) is 15.7. The minimum atomic E-state index is -0.171. The Morgan fingerprint density at radius 1 is 1.05 bits per heavy atom. The van der Waals surface area contributed by atoms with Crippen LogP contribution >= 0.6 is 0 Å². The van der Waals surface area contributed by atoms with E-state index in [2.05, 4.69) is 51.2 Å². The Hall–Kier alpha value is -1.06. The molecule has 1 N–H and O–H groups in total. The van der Waals surface area contributed by atoms with E-state index in [1.807, 2.05) is 13.0 Å². The molecule has 0 aliphatic rings. The van der Waals surface area contributed by atoms with Crippen LogP contribution in [0.5, 0.6) is 5.75 Å². The number of likely N-dealkylation sites (N-methyl/N-ethyl adjacent to an activating group) is 1. The van der Waals surface area contributed by atoms with Crippen LogP contribution in [0, 0.1) is 0 Å². The first-order chi connectivity index (χ1) is 10.2. The van der Waals surface area contributed by atoms with Crippen LogP contribution < -0.4 is 10.1 Å². The highest BCUT2D eigenvalue weighted by Crippen LogP contribution is 2.36. The second-order valence-electron chi connectivity index (χ2n) is 5.20. The van der Waals surface area contributed by atoms with E-state index >= 15 is 0 Å². The first-order valence-corrected chi connectivity index (χ1v) is 8.27. The third-order valence-electron chi connectivity index (χ3n) is 4.07. The molecular weight excluding hydrogens is 262 g/mol. The molecule has 0 aliphatic heterocycles. The molecule has 0 fully saturated rings. The summed E-state index contributed by atoms with van der Waals surface area (Å²) in [5, 5.41) is 3.62. The number of ether oxygens (including phenoxy) is 2. The molecule has 21 heavy (non-hydrogen) atoms. The molecule has 1 atom stereocenters. The molecule has 0 heterocycles. The highest BCUT2D eigenvalue weighted by atomic mass is 16.5. The Bertz CT molecular complexity index is 402. The van der Waals surface area contributed by atoms with E-state index < -0.39 is 0 Å². The minimum absolute atomic E-state index is 0.171. The lowest BCUT2D eigenvalue weighted by Gasteiger charge is -2.40. The van der Waals surface area contributed by atoms with Gasteiger partial charge in [0.15, 0.2) is 0 Å². The maximum atomic E-state index is 6.19. The fourth-order valence-corrected chi connectivity index (χ4v) is 3.00. The normalized spacial score (nSPS) is 13.2. The van der Waals surface area contributed by atoms with E-state index in [1.54, 1.807) is 0 Å². The molecule has 0 saturated heterocycles. The van der Waals surface area contributed by atoms with E-state index in [1.165, 1.54) is 5.56 Å². The van der Waals surface area contributed by atoms with Crippen molar-refractivity contribution in [3.8, 4) is 5.75 Å². The van der Waals surface area contributed by atoms with Gasteiger partial charge in [-0.15, -0.1) is 0 Å². The minimum Gasteiger partial charge on any atom is -0.494 e. The molecule has 1 aromatic rings. The van der Waals surface area contributed by atoms with E-state index in [4.69, 9.17) is 9.47 Å². The summed E-state index contributed by atoms with van der Waals surface area (Å²) in [6, 6.07) is 8.55. The molecular formula is C18H31NO2. The summed E-state index contributed by atoms with van der Waals surface area (Å²) in [7, 11) is 0. The van der Waals surface area contributed by atoms with Gasteiger partial charge in [0.2, 0.25) is 0 Å². The van der Waals surface area contributed by atoms with Crippen LogP contribution in [0.25, 0.3) is 0 Å². The van der Waals surface area contributed by atoms with Crippen LogP contribution in [0.15, 0.2) is 24.3 Å². The van der Waals surface area contributed by atoms with Crippen LogP contribution in [-0.4, -0.2) is 25.4 Å². The number of rotatable bonds is 10. The van der Waals surface area contributed by atoms with E-state index in [-0.39, 0.29) is 11.6 Å². The molecule has 3 nitrogen and oxygen atoms in total. The molecule has 0 aliphatic carbocycles. The third kappa shape index (κ3) is 4.45. The largest absolute Gasteiger partial charge is 0.494 e. The predicted octanol–water partition coefficient (Wildman–Crippen LogP) is 4.33. The summed E-state index contributed by atoms with van der Waals surface area (Å²) in [6.07, 6.45) is 1.96. The summed E-state index contributed by atoms with van der Waals surface area (Å²) < 4.78 is 11.8. The number of nitrogens with one attached hydrogen (secondary N) is 1. The lowest BCUT2D eigenvalue weighted by atomic mass is 9.83. The van der Waals surface area contributed by atoms with Crippen LogP contribution in [0.3, 0.4) is 0 Å². The third-order valence-corrected chi connectivity index (χ3v) is 4.07. The van der Waals surface area contributed by atoms with Crippen molar-refractivity contribution < 1.29 is 9.47 Å². The smallest absolute Gasteiger partial charge is 0.119 e. The van der Waals surface area contributed by atoms with Crippen LogP contribution in [0.1, 0.15) is 59.1 Å². The van der Waals surface area contributed by atoms with Gasteiger partial charge < -0.3 is 14.8 Å². The molecule has 1 unspecified atom stereocenters. The quantitative estimate of drug-likeness (QED) is 0.696. The summed E-state index contributed by atoms with van der Waals surface area (Å²) in [6.45, 7) is 13.0. The molecule has 0 radical (unpaired) electrons. The molecule has 0 bridgehead atoms. The summed E-state index contributed by atoms with van der Waals surface area (Å²) in [5.74, 6) is 0.926. The van der Waals surface area contributed by atoms with Gasteiger partial charge in [0.05, 0.1) is 18.2 Å². The molecule has 1 rings (SSSR count). The molecule has 3 heteroatoms. The van der Waals surface area contributed by atoms with Gasteiger partial charge >= 0.3 is 0 Å². The Balaban J connectivity index is 3.16. The molecule has 120 valence electrons. The highest BCUT2D eigenvalue weighted by molar-refractivity contribution is 5.32. The number of benzene rings is 1. The first-order valence-electron chi connectivity index (χ1n) is 8.27. The fraction of sp³-hybridized carbons (Fsp3) is 0.667. The Morgan fingerprint density at radius 3 is 2.29 bits per heavy atom. The number of hydrogen-bond donors (Lipinski definition) is 1. The van der Waals surface area contributed by atoms with Gasteiger partial charge in [0.1, 0.15) is 5.75 Å². The van der Waals surface area contributed by atoms with Gasteiger partial charge in [0.25, 0.3) is 0 Å². The van der Waals surface area contributed by atoms with E-state index in [9.17, 15) is 0 Å². The zero-order valence-corrected chi connectivity index (χ0v) is 14.2. The Morgan fingerprint density at radius 2 is 1.76 bits per heavy atom. The van der Waals surface area contributed by atoms with Crippen molar-refractivity contribution >= 4 is 0 Å². The van der Waals surface area contributed by atoms with Crippen molar-refractivity contribution in [3.05, 3.63) is 29.8 Å². The fourth-order valence-electron chi connectivity index (χ4n) is 3.00. The average molecular weight is 293 g/mol. The van der Waals surface area contributed by atoms with Crippen molar-refractivity contribution in [3.63, 3.8) is 0 Å². The van der Waals surface area contributed by atoms with Gasteiger partial charge in [-0.05, 0) is 50.9 Å². The predicted molar refractivity (Wildman–Crippen MR) is 89.0 cm³/mol. The van der Waals surface area contributed by atoms with Crippen molar-refractivity contribution in [2.24, 2.45) is 0 Å². The summed E-state index contributed by atoms with van der Waals surface area (Å²) in [4.78, 5) is 0. The lowest BCUT2D eigenvalue weighted by Crippen LogP contribution is -2.45. The number of hydrogen-bond acceptors (Lipinski definition) is 3. The van der Waals surface area contributed by atoms with Crippen molar-refractivity contribution in [1.82, 2.24) is 5.32 Å². The van der Waals surface area contributed by atoms with E-state index in [0.29, 0.717) is 6.61 Å². The molecule has 1 aromatic carbocycles. The molecule has 0 amide bonds. The first kappa shape index (κ1) is 18.0. The monoisotopic (exact) mass is 293 g/mol. The summed E-state index contributed by atoms with van der Waals surface area (Å²) in [5.41, 5.74) is 1.07. The molecule has 0 aromatic heterocycles. The molecule has 0 spiro atoms. The van der Waals surface area contributed by atoms with Gasteiger partial charge in [-0.3, -0.25) is 0 Å². The highest BCUT2D eigenvalue weighted by Gasteiger charge is 2.37. The van der Waals surface area contributed by atoms with Crippen LogP contribution in [0.2, 0.25) is 0 Å². The van der Waals surface area contributed by atoms with Crippen molar-refractivity contribution in [2.75, 3.05) is 19.8 Å². The van der Waals surface area contributed by atoms with Crippen molar-refractivity contribution in [1.29, 1.82) is 0 Å². The van der Waals surface area contributed by atoms with Gasteiger partial charge in [-0.2, -0.15) is 0 Å². The second kappa shape index (κ2) is 9.06. The Kier molecular flexibility index (Phi) is 7.76. The topological polar surface area (TPSA) is 30.5 Å². The Labute approximate surface area is 130 Å². The van der Waals surface area contributed by atoms with E-state index in [0.717, 1.165) is 31.7 Å². The molecule has 0 saturated carbocycles. The maximum Gasteiger partial charge on any atom is 0.119 e. The van der Waals surface area contributed by atoms with Gasteiger partial charge in [-0.25, -0.2) is 0 Å². The standard InChI is InChI=1S/C18H31NO2/c1-6-18(7-2,21-10-5)17(19-8-3)15-12-11-13-16(14-15)20-9-4/h11-14,17,19H,6-10H2,1-5H3. The summed E-state index contributed by atoms with van der Waals surface area (Å²) >= 11 is 0. The second-order valence-corrected chi connectivity index (χ2v) is 5.20. The zero-order valence-electron chi connectivity index (χ0n) is 14.2. The SMILES string of the molecule is CCNC(c1cccc(OCC)c1)C(CC)(CC)OCC. The van der Waals surface area contributed by atoms with Crippen LogP contribution in [-0.2, 0) is 4.74 Å². The van der Waals surface area contributed by atoms with Crippen LogP contribution in [0.4, 0.5) is 0 Å².